The first-order valence-corrected chi connectivity index (χ1v) is 9.12. The Labute approximate surface area is 167 Å². The number of fused-ring (bicyclic) bond motifs is 2. The van der Waals surface area contributed by atoms with Gasteiger partial charge in [-0.3, -0.25) is 0 Å². The molecule has 1 atom stereocenters. The van der Waals surface area contributed by atoms with Crippen LogP contribution in [-0.4, -0.2) is 36.1 Å². The van der Waals surface area contributed by atoms with E-state index in [0.29, 0.717) is 23.8 Å². The molecular weight excluding hydrogens is 407 g/mol. The molecule has 0 saturated carbocycles. The Hall–Kier alpha value is -3.14. The highest BCUT2D eigenvalue weighted by molar-refractivity contribution is 6.29. The summed E-state index contributed by atoms with van der Waals surface area (Å²) < 4.78 is 40.2. The van der Waals surface area contributed by atoms with E-state index in [-0.39, 0.29) is 5.95 Å². The van der Waals surface area contributed by atoms with E-state index in [1.54, 1.807) is 21.8 Å². The molecule has 0 bridgehead atoms. The van der Waals surface area contributed by atoms with E-state index in [0.717, 1.165) is 29.3 Å². The highest BCUT2D eigenvalue weighted by Crippen LogP contribution is 2.36. The zero-order chi connectivity index (χ0) is 20.2. The highest BCUT2D eigenvalue weighted by atomic mass is 35.5. The van der Waals surface area contributed by atoms with Crippen LogP contribution in [0.4, 0.5) is 19.1 Å². The van der Waals surface area contributed by atoms with Gasteiger partial charge in [-0.15, -0.1) is 0 Å². The average Bonchev–Trinajstić information content (AvgIpc) is 3.34. The summed E-state index contributed by atoms with van der Waals surface area (Å²) in [6.45, 7) is 0.493. The molecule has 0 aliphatic carbocycles. The number of aromatic amines is 1. The van der Waals surface area contributed by atoms with Crippen LogP contribution >= 0.6 is 11.6 Å². The fraction of sp³-hybridized carbons (Fsp3) is 0.222. The van der Waals surface area contributed by atoms with Crippen molar-refractivity contribution in [1.29, 1.82) is 0 Å². The number of imidazole rings is 1. The number of hydrogen-bond donors (Lipinski definition) is 1. The van der Waals surface area contributed by atoms with E-state index in [9.17, 15) is 13.2 Å². The van der Waals surface area contributed by atoms with E-state index >= 15 is 0 Å². The Morgan fingerprint density at radius 3 is 2.66 bits per heavy atom. The van der Waals surface area contributed by atoms with Crippen molar-refractivity contribution in [2.75, 3.05) is 11.4 Å². The quantitative estimate of drug-likeness (QED) is 0.502. The van der Waals surface area contributed by atoms with Crippen molar-refractivity contribution in [3.8, 4) is 0 Å². The van der Waals surface area contributed by atoms with Crippen LogP contribution in [0.25, 0.3) is 5.52 Å². The maximum Gasteiger partial charge on any atom is 0.419 e. The number of anilines is 1. The second-order valence-corrected chi connectivity index (χ2v) is 7.02. The summed E-state index contributed by atoms with van der Waals surface area (Å²) in [6.07, 6.45) is -0.685. The molecule has 29 heavy (non-hydrogen) atoms. The van der Waals surface area contributed by atoms with Crippen LogP contribution in [0.15, 0.2) is 43.0 Å². The Bertz CT molecular complexity index is 1180. The lowest BCUT2D eigenvalue weighted by atomic mass is 10.0. The van der Waals surface area contributed by atoms with Gasteiger partial charge in [-0.05, 0) is 18.2 Å². The van der Waals surface area contributed by atoms with Crippen LogP contribution in [0, 0.1) is 0 Å². The van der Waals surface area contributed by atoms with E-state index in [2.05, 4.69) is 25.0 Å². The Balaban J connectivity index is 1.61. The summed E-state index contributed by atoms with van der Waals surface area (Å²) in [6, 6.07) is 6.83. The van der Waals surface area contributed by atoms with Gasteiger partial charge in [0, 0.05) is 31.1 Å². The molecule has 1 N–H and O–H groups in total. The molecule has 0 spiro atoms. The predicted molar refractivity (Wildman–Crippen MR) is 98.7 cm³/mol. The number of pyridine rings is 1. The molecule has 1 aliphatic heterocycles. The van der Waals surface area contributed by atoms with Gasteiger partial charge in [0.25, 0.3) is 0 Å². The molecule has 1 aliphatic rings. The summed E-state index contributed by atoms with van der Waals surface area (Å²) in [5.41, 5.74) is 2.23. The van der Waals surface area contributed by atoms with Gasteiger partial charge < -0.3 is 9.88 Å². The van der Waals surface area contributed by atoms with E-state index < -0.39 is 17.8 Å². The first-order chi connectivity index (χ1) is 13.9. The van der Waals surface area contributed by atoms with Crippen LogP contribution < -0.4 is 4.90 Å². The van der Waals surface area contributed by atoms with Gasteiger partial charge in [0.1, 0.15) is 11.2 Å². The molecule has 1 unspecified atom stereocenters. The van der Waals surface area contributed by atoms with E-state index in [1.165, 1.54) is 0 Å². The molecule has 0 aromatic carbocycles. The van der Waals surface area contributed by atoms with Crippen LogP contribution in [0.3, 0.4) is 0 Å². The molecule has 0 radical (unpaired) electrons. The zero-order valence-corrected chi connectivity index (χ0v) is 15.5. The summed E-state index contributed by atoms with van der Waals surface area (Å²) >= 11 is 6.24. The van der Waals surface area contributed by atoms with Crippen LogP contribution in [0.1, 0.15) is 28.7 Å². The van der Waals surface area contributed by atoms with Crippen molar-refractivity contribution in [3.63, 3.8) is 0 Å². The molecule has 0 amide bonds. The minimum atomic E-state index is -4.49. The third-order valence-corrected chi connectivity index (χ3v) is 5.17. The first kappa shape index (κ1) is 17.9. The lowest BCUT2D eigenvalue weighted by Gasteiger charge is -2.33. The van der Waals surface area contributed by atoms with Gasteiger partial charge in [0.15, 0.2) is 0 Å². The first-order valence-electron chi connectivity index (χ1n) is 8.74. The van der Waals surface area contributed by atoms with Gasteiger partial charge in [-0.1, -0.05) is 17.7 Å². The number of alkyl halides is 3. The maximum absolute atomic E-state index is 12.9. The molecule has 11 heteroatoms. The number of H-pyrrole nitrogens is 1. The highest BCUT2D eigenvalue weighted by Gasteiger charge is 2.36. The molecule has 0 saturated heterocycles. The van der Waals surface area contributed by atoms with Crippen molar-refractivity contribution < 1.29 is 13.2 Å². The Morgan fingerprint density at radius 1 is 1.14 bits per heavy atom. The van der Waals surface area contributed by atoms with Crippen LogP contribution in [-0.2, 0) is 12.6 Å². The topological polar surface area (TPSA) is 75.0 Å². The second kappa shape index (κ2) is 6.45. The van der Waals surface area contributed by atoms with Crippen molar-refractivity contribution in [1.82, 2.24) is 29.5 Å². The predicted octanol–water partition coefficient (Wildman–Crippen LogP) is 3.67. The largest absolute Gasteiger partial charge is 0.419 e. The van der Waals surface area contributed by atoms with Gasteiger partial charge in [0.2, 0.25) is 5.95 Å². The maximum atomic E-state index is 12.9. The number of hydrogen-bond acceptors (Lipinski definition) is 5. The van der Waals surface area contributed by atoms with Crippen molar-refractivity contribution in [3.05, 3.63) is 70.8 Å². The average molecular weight is 420 g/mol. The minimum Gasteiger partial charge on any atom is -0.348 e. The summed E-state index contributed by atoms with van der Waals surface area (Å²) in [5, 5.41) is 5.05. The van der Waals surface area contributed by atoms with Crippen LogP contribution in [0.2, 0.25) is 5.15 Å². The number of halogens is 4. The molecule has 0 fully saturated rings. The Morgan fingerprint density at radius 2 is 1.93 bits per heavy atom. The smallest absolute Gasteiger partial charge is 0.348 e. The number of rotatable bonds is 2. The lowest BCUT2D eigenvalue weighted by Crippen LogP contribution is -2.37. The van der Waals surface area contributed by atoms with E-state index in [4.69, 9.17) is 11.6 Å². The molecule has 4 aromatic heterocycles. The fourth-order valence-electron chi connectivity index (χ4n) is 3.54. The third-order valence-electron chi connectivity index (χ3n) is 4.89. The molecule has 5 rings (SSSR count). The van der Waals surface area contributed by atoms with Gasteiger partial charge in [-0.2, -0.15) is 18.3 Å². The summed E-state index contributed by atoms with van der Waals surface area (Å²) in [7, 11) is 0. The molecule has 4 aromatic rings. The van der Waals surface area contributed by atoms with Gasteiger partial charge in [-0.25, -0.2) is 19.5 Å². The number of aromatic nitrogens is 6. The number of nitrogens with zero attached hydrogens (tertiary/aromatic N) is 6. The lowest BCUT2D eigenvalue weighted by molar-refractivity contribution is -0.138. The molecular formula is C18H13ClF3N7. The SMILES string of the molecule is FC(F)(F)c1cnc(N2CCc3[nH]cnc3C2c2cc3cccc(Cl)n3n2)nc1. The number of nitrogens with one attached hydrogen (secondary N) is 1. The van der Waals surface area contributed by atoms with Crippen LogP contribution in [0.5, 0.6) is 0 Å². The molecule has 5 heterocycles. The zero-order valence-electron chi connectivity index (χ0n) is 14.7. The Kier molecular flexibility index (Phi) is 3.98. The van der Waals surface area contributed by atoms with Crippen molar-refractivity contribution in [2.45, 2.75) is 18.6 Å². The minimum absolute atomic E-state index is 0.180. The molecule has 148 valence electrons. The van der Waals surface area contributed by atoms with Gasteiger partial charge in [0.05, 0.1) is 28.8 Å². The van der Waals surface area contributed by atoms with Crippen molar-refractivity contribution >= 4 is 23.1 Å². The monoisotopic (exact) mass is 419 g/mol. The summed E-state index contributed by atoms with van der Waals surface area (Å²) in [5.74, 6) is 0.180. The van der Waals surface area contributed by atoms with E-state index in [1.807, 2.05) is 18.2 Å². The standard InChI is InChI=1S/C18H13ClF3N7/c19-14-3-1-2-11-6-13(27-29(11)14)16-15-12(25-9-26-15)4-5-28(16)17-23-7-10(8-24-17)18(20,21)22/h1-3,6-9,16H,4-5H2,(H,25,26). The summed E-state index contributed by atoms with van der Waals surface area (Å²) in [4.78, 5) is 17.3. The van der Waals surface area contributed by atoms with Crippen molar-refractivity contribution in [2.24, 2.45) is 0 Å². The third kappa shape index (κ3) is 3.00. The molecule has 7 nitrogen and oxygen atoms in total. The van der Waals surface area contributed by atoms with Gasteiger partial charge >= 0.3 is 6.18 Å². The fourth-order valence-corrected chi connectivity index (χ4v) is 3.75. The second-order valence-electron chi connectivity index (χ2n) is 6.64. The normalized spacial score (nSPS) is 17.0.